The fourth-order valence-electron chi connectivity index (χ4n) is 2.64. The lowest BCUT2D eigenvalue weighted by Crippen LogP contribution is -2.32. The highest BCUT2D eigenvalue weighted by Gasteiger charge is 2.25. The number of piperidine rings is 1. The van der Waals surface area contributed by atoms with Crippen molar-refractivity contribution in [3.05, 3.63) is 29.6 Å². The van der Waals surface area contributed by atoms with Crippen molar-refractivity contribution in [2.24, 2.45) is 5.92 Å². The molecular formula is C15H22N2. The van der Waals surface area contributed by atoms with Gasteiger partial charge in [0.2, 0.25) is 0 Å². The summed E-state index contributed by atoms with van der Waals surface area (Å²) >= 11 is 0. The summed E-state index contributed by atoms with van der Waals surface area (Å²) in [6.07, 6.45) is 5.39. The Kier molecular flexibility index (Phi) is 3.15. The SMILES string of the molecule is CC1CCN(Cc2cccc(C3CC3)n2)CC1. The smallest absolute Gasteiger partial charge is 0.0547 e. The van der Waals surface area contributed by atoms with Crippen molar-refractivity contribution in [2.75, 3.05) is 13.1 Å². The number of pyridine rings is 1. The second-order valence-electron chi connectivity index (χ2n) is 5.79. The van der Waals surface area contributed by atoms with E-state index in [4.69, 9.17) is 4.98 Å². The minimum atomic E-state index is 0.774. The van der Waals surface area contributed by atoms with E-state index in [1.807, 2.05) is 0 Å². The van der Waals surface area contributed by atoms with Crippen molar-refractivity contribution in [1.29, 1.82) is 0 Å². The van der Waals surface area contributed by atoms with Gasteiger partial charge in [-0.2, -0.15) is 0 Å². The molecule has 17 heavy (non-hydrogen) atoms. The molecule has 2 fully saturated rings. The van der Waals surface area contributed by atoms with Gasteiger partial charge in [-0.1, -0.05) is 13.0 Å². The molecule has 1 aromatic rings. The quantitative estimate of drug-likeness (QED) is 0.792. The van der Waals surface area contributed by atoms with E-state index in [1.165, 1.54) is 50.2 Å². The molecule has 1 saturated carbocycles. The van der Waals surface area contributed by atoms with Crippen LogP contribution in [-0.4, -0.2) is 23.0 Å². The van der Waals surface area contributed by atoms with Crippen LogP contribution >= 0.6 is 0 Å². The summed E-state index contributed by atoms with van der Waals surface area (Å²) in [6, 6.07) is 6.56. The number of hydrogen-bond donors (Lipinski definition) is 0. The molecule has 1 aliphatic heterocycles. The molecule has 1 aromatic heterocycles. The topological polar surface area (TPSA) is 16.1 Å². The van der Waals surface area contributed by atoms with Gasteiger partial charge in [0.05, 0.1) is 5.69 Å². The van der Waals surface area contributed by atoms with Crippen molar-refractivity contribution >= 4 is 0 Å². The van der Waals surface area contributed by atoms with Gasteiger partial charge in [0.15, 0.2) is 0 Å². The van der Waals surface area contributed by atoms with E-state index in [2.05, 4.69) is 30.0 Å². The first-order valence-corrected chi connectivity index (χ1v) is 6.99. The lowest BCUT2D eigenvalue weighted by atomic mass is 9.99. The van der Waals surface area contributed by atoms with E-state index < -0.39 is 0 Å². The molecule has 0 bridgehead atoms. The first kappa shape index (κ1) is 11.2. The number of aromatic nitrogens is 1. The third-order valence-electron chi connectivity index (χ3n) is 4.09. The lowest BCUT2D eigenvalue weighted by Gasteiger charge is -2.29. The van der Waals surface area contributed by atoms with Gasteiger partial charge in [0.1, 0.15) is 0 Å². The average molecular weight is 230 g/mol. The van der Waals surface area contributed by atoms with Gasteiger partial charge in [-0.05, 0) is 56.8 Å². The molecule has 0 atom stereocenters. The van der Waals surface area contributed by atoms with Crippen LogP contribution in [0, 0.1) is 5.92 Å². The largest absolute Gasteiger partial charge is 0.297 e. The van der Waals surface area contributed by atoms with E-state index in [-0.39, 0.29) is 0 Å². The normalized spacial score (nSPS) is 22.9. The van der Waals surface area contributed by atoms with Crippen molar-refractivity contribution in [3.8, 4) is 0 Å². The van der Waals surface area contributed by atoms with Crippen molar-refractivity contribution < 1.29 is 0 Å². The fraction of sp³-hybridized carbons (Fsp3) is 0.667. The number of nitrogens with zero attached hydrogens (tertiary/aromatic N) is 2. The Morgan fingerprint density at radius 3 is 2.65 bits per heavy atom. The Hall–Kier alpha value is -0.890. The van der Waals surface area contributed by atoms with Gasteiger partial charge < -0.3 is 0 Å². The Morgan fingerprint density at radius 2 is 1.94 bits per heavy atom. The zero-order valence-corrected chi connectivity index (χ0v) is 10.7. The molecule has 1 saturated heterocycles. The van der Waals surface area contributed by atoms with Crippen molar-refractivity contribution in [2.45, 2.75) is 45.1 Å². The Morgan fingerprint density at radius 1 is 1.18 bits per heavy atom. The lowest BCUT2D eigenvalue weighted by molar-refractivity contribution is 0.183. The summed E-state index contributed by atoms with van der Waals surface area (Å²) in [6.45, 7) is 5.91. The summed E-state index contributed by atoms with van der Waals surface area (Å²) in [4.78, 5) is 7.36. The monoisotopic (exact) mass is 230 g/mol. The fourth-order valence-corrected chi connectivity index (χ4v) is 2.64. The molecule has 0 N–H and O–H groups in total. The van der Waals surface area contributed by atoms with Gasteiger partial charge in [0, 0.05) is 18.2 Å². The van der Waals surface area contributed by atoms with Crippen LogP contribution in [0.4, 0.5) is 0 Å². The summed E-state index contributed by atoms with van der Waals surface area (Å²) in [5.41, 5.74) is 2.59. The summed E-state index contributed by atoms with van der Waals surface area (Å²) in [5.74, 6) is 1.69. The molecule has 2 aliphatic rings. The predicted octanol–water partition coefficient (Wildman–Crippen LogP) is 3.19. The highest BCUT2D eigenvalue weighted by Crippen LogP contribution is 2.38. The zero-order chi connectivity index (χ0) is 11.7. The molecule has 0 aromatic carbocycles. The molecule has 0 amide bonds. The van der Waals surface area contributed by atoms with Crippen LogP contribution in [0.3, 0.4) is 0 Å². The second-order valence-corrected chi connectivity index (χ2v) is 5.79. The van der Waals surface area contributed by atoms with Crippen LogP contribution in [0.15, 0.2) is 18.2 Å². The van der Waals surface area contributed by atoms with E-state index in [9.17, 15) is 0 Å². The van der Waals surface area contributed by atoms with Crippen LogP contribution in [0.5, 0.6) is 0 Å². The molecule has 92 valence electrons. The highest BCUT2D eigenvalue weighted by molar-refractivity contribution is 5.18. The van der Waals surface area contributed by atoms with E-state index >= 15 is 0 Å². The standard InChI is InChI=1S/C15H22N2/c1-12-7-9-17(10-8-12)11-14-3-2-4-15(16-14)13-5-6-13/h2-4,12-13H,5-11H2,1H3. The summed E-state index contributed by atoms with van der Waals surface area (Å²) in [7, 11) is 0. The molecule has 3 rings (SSSR count). The van der Waals surface area contributed by atoms with Gasteiger partial charge in [0.25, 0.3) is 0 Å². The third-order valence-corrected chi connectivity index (χ3v) is 4.09. The molecule has 0 radical (unpaired) electrons. The molecule has 2 heteroatoms. The van der Waals surface area contributed by atoms with Crippen LogP contribution in [-0.2, 0) is 6.54 Å². The van der Waals surface area contributed by atoms with E-state index in [1.54, 1.807) is 0 Å². The van der Waals surface area contributed by atoms with E-state index in [0.29, 0.717) is 0 Å². The number of likely N-dealkylation sites (tertiary alicyclic amines) is 1. The summed E-state index contributed by atoms with van der Waals surface area (Å²) in [5, 5.41) is 0. The van der Waals surface area contributed by atoms with Gasteiger partial charge in [-0.25, -0.2) is 0 Å². The van der Waals surface area contributed by atoms with Crippen LogP contribution < -0.4 is 0 Å². The van der Waals surface area contributed by atoms with Crippen molar-refractivity contribution in [1.82, 2.24) is 9.88 Å². The number of rotatable bonds is 3. The van der Waals surface area contributed by atoms with Gasteiger partial charge in [-0.3, -0.25) is 9.88 Å². The molecule has 1 aliphatic carbocycles. The highest BCUT2D eigenvalue weighted by atomic mass is 15.1. The van der Waals surface area contributed by atoms with Crippen LogP contribution in [0.25, 0.3) is 0 Å². The maximum absolute atomic E-state index is 4.81. The molecule has 2 heterocycles. The Labute approximate surface area is 104 Å². The van der Waals surface area contributed by atoms with Crippen molar-refractivity contribution in [3.63, 3.8) is 0 Å². The predicted molar refractivity (Wildman–Crippen MR) is 69.9 cm³/mol. The van der Waals surface area contributed by atoms with Crippen LogP contribution in [0.1, 0.15) is 49.9 Å². The Bertz CT molecular complexity index is 376. The van der Waals surface area contributed by atoms with E-state index in [0.717, 1.165) is 18.4 Å². The number of hydrogen-bond acceptors (Lipinski definition) is 2. The maximum atomic E-state index is 4.81. The average Bonchev–Trinajstić information content (AvgIpc) is 3.17. The molecular weight excluding hydrogens is 208 g/mol. The van der Waals surface area contributed by atoms with Crippen LogP contribution in [0.2, 0.25) is 0 Å². The maximum Gasteiger partial charge on any atom is 0.0547 e. The molecule has 0 unspecified atom stereocenters. The minimum absolute atomic E-state index is 0.774. The Balaban J connectivity index is 1.62. The first-order chi connectivity index (χ1) is 8.31. The summed E-state index contributed by atoms with van der Waals surface area (Å²) < 4.78 is 0. The molecule has 0 spiro atoms. The third kappa shape index (κ3) is 2.86. The second kappa shape index (κ2) is 4.77. The zero-order valence-electron chi connectivity index (χ0n) is 10.7. The van der Waals surface area contributed by atoms with Gasteiger partial charge in [-0.15, -0.1) is 0 Å². The first-order valence-electron chi connectivity index (χ1n) is 6.99. The van der Waals surface area contributed by atoms with Gasteiger partial charge >= 0.3 is 0 Å². The molecule has 2 nitrogen and oxygen atoms in total. The minimum Gasteiger partial charge on any atom is -0.297 e.